The molecular formula is C16H26O2. The van der Waals surface area contributed by atoms with E-state index in [1.54, 1.807) is 6.08 Å². The molecule has 0 aliphatic rings. The summed E-state index contributed by atoms with van der Waals surface area (Å²) in [4.78, 5) is 11.4. The van der Waals surface area contributed by atoms with Crippen LogP contribution >= 0.6 is 0 Å². The van der Waals surface area contributed by atoms with Crippen molar-refractivity contribution >= 4 is 5.97 Å². The third kappa shape index (κ3) is 11.2. The van der Waals surface area contributed by atoms with Crippen LogP contribution in [-0.2, 0) is 9.53 Å². The van der Waals surface area contributed by atoms with Gasteiger partial charge in [-0.2, -0.15) is 0 Å². The zero-order valence-corrected chi connectivity index (χ0v) is 12.2. The lowest BCUT2D eigenvalue weighted by Gasteiger charge is -2.01. The molecule has 2 heteroatoms. The van der Waals surface area contributed by atoms with Crippen molar-refractivity contribution in [1.29, 1.82) is 0 Å². The minimum atomic E-state index is -0.227. The molecule has 0 N–H and O–H groups in total. The number of hydrogen-bond acceptors (Lipinski definition) is 2. The minimum Gasteiger partial charge on any atom is -0.462 e. The summed E-state index contributed by atoms with van der Waals surface area (Å²) in [5.74, 6) is -0.227. The molecule has 0 bridgehead atoms. The van der Waals surface area contributed by atoms with Crippen LogP contribution in [0.25, 0.3) is 0 Å². The first-order valence-electron chi connectivity index (χ1n) is 6.68. The molecule has 0 aliphatic heterocycles. The molecule has 0 amide bonds. The van der Waals surface area contributed by atoms with Gasteiger partial charge >= 0.3 is 5.97 Å². The Morgan fingerprint density at radius 3 is 2.44 bits per heavy atom. The molecule has 0 aromatic carbocycles. The summed E-state index contributed by atoms with van der Waals surface area (Å²) in [7, 11) is 0. The predicted octanol–water partition coefficient (Wildman–Crippen LogP) is 4.58. The first-order chi connectivity index (χ1) is 8.56. The van der Waals surface area contributed by atoms with E-state index in [2.05, 4.69) is 32.9 Å². The van der Waals surface area contributed by atoms with Crippen molar-refractivity contribution in [3.8, 4) is 0 Å². The van der Waals surface area contributed by atoms with E-state index in [-0.39, 0.29) is 5.97 Å². The van der Waals surface area contributed by atoms with Gasteiger partial charge in [-0.25, -0.2) is 4.79 Å². The molecule has 0 heterocycles. The monoisotopic (exact) mass is 250 g/mol. The second-order valence-corrected chi connectivity index (χ2v) is 4.65. The third-order valence-corrected chi connectivity index (χ3v) is 2.39. The molecule has 0 saturated heterocycles. The highest BCUT2D eigenvalue weighted by Crippen LogP contribution is 2.06. The van der Waals surface area contributed by atoms with Gasteiger partial charge in [0.25, 0.3) is 0 Å². The van der Waals surface area contributed by atoms with Gasteiger partial charge in [-0.3, -0.25) is 0 Å². The minimum absolute atomic E-state index is 0.227. The highest BCUT2D eigenvalue weighted by atomic mass is 16.5. The Kier molecular flexibility index (Phi) is 10.0. The van der Waals surface area contributed by atoms with Crippen LogP contribution in [0.5, 0.6) is 0 Å². The van der Waals surface area contributed by atoms with Crippen LogP contribution in [0.1, 0.15) is 53.4 Å². The average molecular weight is 250 g/mol. The quantitative estimate of drug-likeness (QED) is 0.273. The molecule has 0 radical (unpaired) electrons. The second kappa shape index (κ2) is 10.8. The number of hydrogen-bond donors (Lipinski definition) is 0. The Morgan fingerprint density at radius 1 is 1.11 bits per heavy atom. The van der Waals surface area contributed by atoms with Gasteiger partial charge in [0.15, 0.2) is 0 Å². The summed E-state index contributed by atoms with van der Waals surface area (Å²) < 4.78 is 5.10. The summed E-state index contributed by atoms with van der Waals surface area (Å²) >= 11 is 0. The van der Waals surface area contributed by atoms with E-state index in [9.17, 15) is 4.79 Å². The summed E-state index contributed by atoms with van der Waals surface area (Å²) in [6, 6.07) is 0. The predicted molar refractivity (Wildman–Crippen MR) is 77.4 cm³/mol. The Balaban J connectivity index is 3.83. The van der Waals surface area contributed by atoms with Crippen LogP contribution in [0.15, 0.2) is 35.5 Å². The van der Waals surface area contributed by atoms with E-state index in [0.717, 1.165) is 31.3 Å². The molecule has 0 aromatic rings. The number of allylic oxidation sites excluding steroid dienone is 4. The van der Waals surface area contributed by atoms with Gasteiger partial charge in [0, 0.05) is 6.08 Å². The zero-order valence-electron chi connectivity index (χ0n) is 12.2. The highest BCUT2D eigenvalue weighted by molar-refractivity contribution is 5.82. The molecule has 2 nitrogen and oxygen atoms in total. The first-order valence-corrected chi connectivity index (χ1v) is 6.68. The van der Waals surface area contributed by atoms with E-state index in [1.165, 1.54) is 5.57 Å². The summed E-state index contributed by atoms with van der Waals surface area (Å²) in [5, 5.41) is 0. The van der Waals surface area contributed by atoms with Crippen molar-refractivity contribution in [2.45, 2.75) is 53.4 Å². The molecule has 0 aliphatic carbocycles. The maximum absolute atomic E-state index is 11.4. The Hall–Kier alpha value is -1.31. The number of ether oxygens (including phenoxy) is 1. The lowest BCUT2D eigenvalue weighted by molar-refractivity contribution is -0.137. The van der Waals surface area contributed by atoms with Crippen molar-refractivity contribution in [3.63, 3.8) is 0 Å². The van der Waals surface area contributed by atoms with Gasteiger partial charge in [0.05, 0.1) is 6.61 Å². The fourth-order valence-electron chi connectivity index (χ4n) is 1.42. The van der Waals surface area contributed by atoms with Crippen molar-refractivity contribution in [1.82, 2.24) is 0 Å². The maximum Gasteiger partial charge on any atom is 0.330 e. The average Bonchev–Trinajstić information content (AvgIpc) is 2.28. The maximum atomic E-state index is 11.4. The molecule has 0 fully saturated rings. The Labute approximate surface area is 111 Å². The van der Waals surface area contributed by atoms with Crippen LogP contribution in [0, 0.1) is 0 Å². The molecule has 0 spiro atoms. The number of carbonyl (C=O) groups is 1. The SMILES string of the molecule is CC/C=C\CCOC(=O)C=C(C)CCC=C(C)C. The van der Waals surface area contributed by atoms with Crippen LogP contribution in [0.3, 0.4) is 0 Å². The van der Waals surface area contributed by atoms with Crippen LogP contribution in [0.4, 0.5) is 0 Å². The fourth-order valence-corrected chi connectivity index (χ4v) is 1.42. The van der Waals surface area contributed by atoms with Crippen molar-refractivity contribution in [3.05, 3.63) is 35.5 Å². The van der Waals surface area contributed by atoms with Crippen LogP contribution in [0.2, 0.25) is 0 Å². The molecule has 0 unspecified atom stereocenters. The van der Waals surface area contributed by atoms with Gasteiger partial charge in [0.1, 0.15) is 0 Å². The van der Waals surface area contributed by atoms with Crippen LogP contribution in [-0.4, -0.2) is 12.6 Å². The lowest BCUT2D eigenvalue weighted by atomic mass is 10.1. The molecule has 18 heavy (non-hydrogen) atoms. The molecular weight excluding hydrogens is 224 g/mol. The second-order valence-electron chi connectivity index (χ2n) is 4.65. The van der Waals surface area contributed by atoms with Gasteiger partial charge in [-0.15, -0.1) is 0 Å². The topological polar surface area (TPSA) is 26.3 Å². The van der Waals surface area contributed by atoms with Gasteiger partial charge in [-0.1, -0.05) is 36.3 Å². The normalized spacial score (nSPS) is 11.7. The Morgan fingerprint density at radius 2 is 1.83 bits per heavy atom. The highest BCUT2D eigenvalue weighted by Gasteiger charge is 1.98. The van der Waals surface area contributed by atoms with Crippen molar-refractivity contribution in [2.75, 3.05) is 6.61 Å². The van der Waals surface area contributed by atoms with E-state index < -0.39 is 0 Å². The number of esters is 1. The van der Waals surface area contributed by atoms with Gasteiger partial charge in [-0.05, 0) is 46.5 Å². The molecule has 0 rings (SSSR count). The van der Waals surface area contributed by atoms with Crippen LogP contribution < -0.4 is 0 Å². The summed E-state index contributed by atoms with van der Waals surface area (Å²) in [6.45, 7) is 8.68. The summed E-state index contributed by atoms with van der Waals surface area (Å²) in [5.41, 5.74) is 2.38. The molecule has 0 aromatic heterocycles. The third-order valence-electron chi connectivity index (χ3n) is 2.39. The lowest BCUT2D eigenvalue weighted by Crippen LogP contribution is -2.02. The molecule has 0 saturated carbocycles. The molecule has 0 atom stereocenters. The smallest absolute Gasteiger partial charge is 0.330 e. The van der Waals surface area contributed by atoms with Gasteiger partial charge in [0.2, 0.25) is 0 Å². The van der Waals surface area contributed by atoms with E-state index in [0.29, 0.717) is 6.61 Å². The van der Waals surface area contributed by atoms with Crippen molar-refractivity contribution in [2.24, 2.45) is 0 Å². The fraction of sp³-hybridized carbons (Fsp3) is 0.562. The number of rotatable bonds is 8. The van der Waals surface area contributed by atoms with E-state index in [1.807, 2.05) is 13.0 Å². The number of carbonyl (C=O) groups excluding carboxylic acids is 1. The van der Waals surface area contributed by atoms with Gasteiger partial charge < -0.3 is 4.74 Å². The van der Waals surface area contributed by atoms with E-state index in [4.69, 9.17) is 4.74 Å². The van der Waals surface area contributed by atoms with E-state index >= 15 is 0 Å². The molecule has 102 valence electrons. The largest absolute Gasteiger partial charge is 0.462 e. The Bertz CT molecular complexity index is 318. The summed E-state index contributed by atoms with van der Waals surface area (Å²) in [6.07, 6.45) is 11.6. The zero-order chi connectivity index (χ0) is 13.8. The van der Waals surface area contributed by atoms with Crippen molar-refractivity contribution < 1.29 is 9.53 Å². The standard InChI is InChI=1S/C16H26O2/c1-5-6-7-8-12-18-16(17)13-15(4)11-9-10-14(2)3/h6-7,10,13H,5,8-9,11-12H2,1-4H3/b7-6-,15-13?. The first kappa shape index (κ1) is 16.7.